The first-order chi connectivity index (χ1) is 9.91. The number of carbonyl (C=O) groups is 1. The van der Waals surface area contributed by atoms with Gasteiger partial charge in [-0.1, -0.05) is 0 Å². The molecule has 0 saturated carbocycles. The lowest BCUT2D eigenvalue weighted by Gasteiger charge is -2.05. The zero-order valence-electron chi connectivity index (χ0n) is 11.9. The van der Waals surface area contributed by atoms with E-state index in [2.05, 4.69) is 5.10 Å². The molecule has 2 heterocycles. The molecule has 0 aliphatic heterocycles. The van der Waals surface area contributed by atoms with E-state index in [0.29, 0.717) is 16.6 Å². The van der Waals surface area contributed by atoms with Crippen LogP contribution in [0, 0.1) is 12.7 Å². The maximum Gasteiger partial charge on any atom is 0.339 e. The second-order valence-electron chi connectivity index (χ2n) is 5.02. The van der Waals surface area contributed by atoms with Crippen LogP contribution in [-0.2, 0) is 14.1 Å². The van der Waals surface area contributed by atoms with Gasteiger partial charge in [-0.2, -0.15) is 5.10 Å². The summed E-state index contributed by atoms with van der Waals surface area (Å²) in [7, 11) is 3.55. The number of halogens is 1. The van der Waals surface area contributed by atoms with Crippen LogP contribution in [0.5, 0.6) is 0 Å². The predicted molar refractivity (Wildman–Crippen MR) is 76.8 cm³/mol. The van der Waals surface area contributed by atoms with Gasteiger partial charge >= 0.3 is 5.97 Å². The Labute approximate surface area is 120 Å². The van der Waals surface area contributed by atoms with Gasteiger partial charge in [-0.05, 0) is 25.1 Å². The molecule has 3 rings (SSSR count). The van der Waals surface area contributed by atoms with Crippen LogP contribution in [0.15, 0.2) is 24.4 Å². The summed E-state index contributed by atoms with van der Waals surface area (Å²) in [6.07, 6.45) is 1.31. The Balaban J connectivity index is 2.46. The third-order valence-electron chi connectivity index (χ3n) is 3.86. The van der Waals surface area contributed by atoms with E-state index in [4.69, 9.17) is 0 Å². The molecule has 1 aromatic carbocycles. The SMILES string of the molecule is Cc1c(-c2c(C(=O)O)cnn2C)c2cc(F)ccc2n1C. The number of benzene rings is 1. The van der Waals surface area contributed by atoms with E-state index in [1.807, 2.05) is 18.5 Å². The highest BCUT2D eigenvalue weighted by Gasteiger charge is 2.23. The lowest BCUT2D eigenvalue weighted by atomic mass is 10.0. The standard InChI is InChI=1S/C15H14FN3O2/c1-8-13(14-11(15(20)21)7-17-19(14)3)10-6-9(16)4-5-12(10)18(8)2/h4-7H,1-3H3,(H,20,21). The highest BCUT2D eigenvalue weighted by atomic mass is 19.1. The molecule has 6 heteroatoms. The molecule has 0 aliphatic rings. The topological polar surface area (TPSA) is 60.0 Å². The second-order valence-corrected chi connectivity index (χ2v) is 5.02. The van der Waals surface area contributed by atoms with E-state index in [9.17, 15) is 14.3 Å². The Bertz CT molecular complexity index is 877. The summed E-state index contributed by atoms with van der Waals surface area (Å²) in [6, 6.07) is 4.52. The molecule has 108 valence electrons. The van der Waals surface area contributed by atoms with E-state index >= 15 is 0 Å². The van der Waals surface area contributed by atoms with Gasteiger partial charge in [0.1, 0.15) is 11.4 Å². The van der Waals surface area contributed by atoms with Crippen LogP contribution in [-0.4, -0.2) is 25.4 Å². The third-order valence-corrected chi connectivity index (χ3v) is 3.86. The summed E-state index contributed by atoms with van der Waals surface area (Å²) < 4.78 is 17.0. The van der Waals surface area contributed by atoms with Crippen LogP contribution in [0.1, 0.15) is 16.1 Å². The average Bonchev–Trinajstić information content (AvgIpc) is 2.90. The minimum absolute atomic E-state index is 0.109. The number of carboxylic acid groups (broad SMARTS) is 1. The maximum atomic E-state index is 13.6. The molecule has 0 amide bonds. The quantitative estimate of drug-likeness (QED) is 0.788. The van der Waals surface area contributed by atoms with Crippen LogP contribution in [0.3, 0.4) is 0 Å². The molecular weight excluding hydrogens is 273 g/mol. The monoisotopic (exact) mass is 287 g/mol. The molecule has 0 aliphatic carbocycles. The van der Waals surface area contributed by atoms with Crippen molar-refractivity contribution in [2.45, 2.75) is 6.92 Å². The number of rotatable bonds is 2. The van der Waals surface area contributed by atoms with Crippen molar-refractivity contribution in [3.8, 4) is 11.3 Å². The molecule has 21 heavy (non-hydrogen) atoms. The molecule has 0 fully saturated rings. The molecule has 0 bridgehead atoms. The van der Waals surface area contributed by atoms with Gasteiger partial charge in [0.25, 0.3) is 0 Å². The average molecular weight is 287 g/mol. The van der Waals surface area contributed by atoms with Crippen LogP contribution >= 0.6 is 0 Å². The molecule has 3 aromatic rings. The highest BCUT2D eigenvalue weighted by Crippen LogP contribution is 2.35. The maximum absolute atomic E-state index is 13.6. The van der Waals surface area contributed by atoms with Crippen LogP contribution < -0.4 is 0 Å². The summed E-state index contributed by atoms with van der Waals surface area (Å²) in [6.45, 7) is 1.88. The lowest BCUT2D eigenvalue weighted by Crippen LogP contribution is -2.02. The molecule has 2 aromatic heterocycles. The highest BCUT2D eigenvalue weighted by molar-refractivity contribution is 6.03. The van der Waals surface area contributed by atoms with Crippen molar-refractivity contribution < 1.29 is 14.3 Å². The van der Waals surface area contributed by atoms with Gasteiger partial charge in [-0.25, -0.2) is 9.18 Å². The largest absolute Gasteiger partial charge is 0.478 e. The van der Waals surface area contributed by atoms with Gasteiger partial charge in [0.05, 0.1) is 11.9 Å². The summed E-state index contributed by atoms with van der Waals surface area (Å²) in [5.41, 5.74) is 3.00. The van der Waals surface area contributed by atoms with E-state index < -0.39 is 5.97 Å². The van der Waals surface area contributed by atoms with Crippen molar-refractivity contribution in [2.75, 3.05) is 0 Å². The van der Waals surface area contributed by atoms with Crippen LogP contribution in [0.25, 0.3) is 22.2 Å². The van der Waals surface area contributed by atoms with Crippen molar-refractivity contribution in [3.63, 3.8) is 0 Å². The van der Waals surface area contributed by atoms with Gasteiger partial charge in [0.15, 0.2) is 0 Å². The zero-order chi connectivity index (χ0) is 15.3. The van der Waals surface area contributed by atoms with Crippen LogP contribution in [0.2, 0.25) is 0 Å². The minimum Gasteiger partial charge on any atom is -0.478 e. The number of aryl methyl sites for hydroxylation is 2. The number of hydrogen-bond donors (Lipinski definition) is 1. The Hall–Kier alpha value is -2.63. The summed E-state index contributed by atoms with van der Waals surface area (Å²) in [5, 5.41) is 14.0. The second kappa shape index (κ2) is 4.44. The zero-order valence-corrected chi connectivity index (χ0v) is 11.9. The minimum atomic E-state index is -1.05. The first-order valence-electron chi connectivity index (χ1n) is 6.42. The van der Waals surface area contributed by atoms with E-state index in [-0.39, 0.29) is 11.4 Å². The van der Waals surface area contributed by atoms with Crippen molar-refractivity contribution >= 4 is 16.9 Å². The smallest absolute Gasteiger partial charge is 0.339 e. The summed E-state index contributed by atoms with van der Waals surface area (Å²) in [4.78, 5) is 11.4. The van der Waals surface area contributed by atoms with Gasteiger partial charge in [0, 0.05) is 36.3 Å². The number of aromatic nitrogens is 3. The fourth-order valence-corrected chi connectivity index (χ4v) is 2.73. The Morgan fingerprint density at radius 3 is 2.71 bits per heavy atom. The fourth-order valence-electron chi connectivity index (χ4n) is 2.73. The molecule has 0 spiro atoms. The van der Waals surface area contributed by atoms with Gasteiger partial charge < -0.3 is 9.67 Å². The van der Waals surface area contributed by atoms with Gasteiger partial charge in [0.2, 0.25) is 0 Å². The van der Waals surface area contributed by atoms with Crippen molar-refractivity contribution in [1.82, 2.24) is 14.3 Å². The predicted octanol–water partition coefficient (Wildman–Crippen LogP) is 2.72. The van der Waals surface area contributed by atoms with Crippen LogP contribution in [0.4, 0.5) is 4.39 Å². The molecule has 0 radical (unpaired) electrons. The molecular formula is C15H14FN3O2. The first kappa shape index (κ1) is 13.4. The van der Waals surface area contributed by atoms with Crippen molar-refractivity contribution in [1.29, 1.82) is 0 Å². The van der Waals surface area contributed by atoms with Crippen molar-refractivity contribution in [3.05, 3.63) is 41.5 Å². The molecule has 0 unspecified atom stereocenters. The number of fused-ring (bicyclic) bond motifs is 1. The Morgan fingerprint density at radius 1 is 1.33 bits per heavy atom. The Morgan fingerprint density at radius 2 is 2.05 bits per heavy atom. The third kappa shape index (κ3) is 1.83. The fraction of sp³-hybridized carbons (Fsp3) is 0.200. The van der Waals surface area contributed by atoms with E-state index in [1.54, 1.807) is 13.1 Å². The number of carboxylic acids is 1. The molecule has 5 nitrogen and oxygen atoms in total. The Kier molecular flexibility index (Phi) is 2.83. The van der Waals surface area contributed by atoms with Gasteiger partial charge in [-0.3, -0.25) is 4.68 Å². The first-order valence-corrected chi connectivity index (χ1v) is 6.42. The molecule has 0 saturated heterocycles. The van der Waals surface area contributed by atoms with Gasteiger partial charge in [-0.15, -0.1) is 0 Å². The van der Waals surface area contributed by atoms with E-state index in [0.717, 1.165) is 11.2 Å². The molecule has 1 N–H and O–H groups in total. The summed E-state index contributed by atoms with van der Waals surface area (Å²) >= 11 is 0. The number of hydrogen-bond acceptors (Lipinski definition) is 2. The van der Waals surface area contributed by atoms with Crippen molar-refractivity contribution in [2.24, 2.45) is 14.1 Å². The number of nitrogens with zero attached hydrogens (tertiary/aromatic N) is 3. The lowest BCUT2D eigenvalue weighted by molar-refractivity contribution is 0.0697. The normalized spacial score (nSPS) is 11.2. The summed E-state index contributed by atoms with van der Waals surface area (Å²) in [5.74, 6) is -1.40. The van der Waals surface area contributed by atoms with E-state index in [1.165, 1.54) is 23.0 Å². The molecule has 0 atom stereocenters. The number of aromatic carboxylic acids is 1.